The highest BCUT2D eigenvalue weighted by Crippen LogP contribution is 2.00. The van der Waals surface area contributed by atoms with Crippen molar-refractivity contribution < 1.29 is 17.8 Å². The van der Waals surface area contributed by atoms with Gasteiger partial charge >= 0.3 is 0 Å². The van der Waals surface area contributed by atoms with E-state index >= 15 is 0 Å². The first-order chi connectivity index (χ1) is 5.34. The van der Waals surface area contributed by atoms with Gasteiger partial charge < -0.3 is 9.87 Å². The smallest absolute Gasteiger partial charge is 0.216 e. The van der Waals surface area contributed by atoms with Crippen LogP contribution in [0.4, 0.5) is 0 Å². The van der Waals surface area contributed by atoms with Gasteiger partial charge in [0.1, 0.15) is 0 Å². The second-order valence-electron chi connectivity index (χ2n) is 2.58. The van der Waals surface area contributed by atoms with Crippen molar-refractivity contribution in [3.63, 3.8) is 0 Å². The van der Waals surface area contributed by atoms with Crippen LogP contribution < -0.4 is 5.32 Å². The van der Waals surface area contributed by atoms with E-state index in [4.69, 9.17) is 0 Å². The molecule has 0 radical (unpaired) electrons. The molecular weight excluding hydrogens is 182 g/mol. The Bertz CT molecular complexity index is 246. The van der Waals surface area contributed by atoms with Crippen LogP contribution in [0.25, 0.3) is 0 Å². The van der Waals surface area contributed by atoms with E-state index in [2.05, 4.69) is 5.32 Å². The Kier molecular flexibility index (Phi) is 4.19. The van der Waals surface area contributed by atoms with Gasteiger partial charge in [-0.25, -0.2) is 8.42 Å². The summed E-state index contributed by atoms with van der Waals surface area (Å²) in [7, 11) is -4.20. The molecule has 0 fully saturated rings. The lowest BCUT2D eigenvalue weighted by Gasteiger charge is -2.15. The van der Waals surface area contributed by atoms with Crippen molar-refractivity contribution in [3.8, 4) is 0 Å². The first kappa shape index (κ1) is 11.4. The molecule has 0 aliphatic rings. The van der Waals surface area contributed by atoms with Gasteiger partial charge in [0, 0.05) is 18.7 Å². The topological polar surface area (TPSA) is 86.3 Å². The van der Waals surface area contributed by atoms with E-state index < -0.39 is 15.4 Å². The maximum Gasteiger partial charge on any atom is 0.216 e. The predicted molar refractivity (Wildman–Crippen MR) is 42.5 cm³/mol. The number of rotatable bonds is 4. The number of carbonyl (C=O) groups is 1. The van der Waals surface area contributed by atoms with Gasteiger partial charge in [0.25, 0.3) is 0 Å². The molecule has 1 N–H and O–H groups in total. The van der Waals surface area contributed by atoms with Crippen LogP contribution in [-0.4, -0.2) is 30.7 Å². The van der Waals surface area contributed by atoms with Crippen LogP contribution in [-0.2, 0) is 14.9 Å². The first-order valence-electron chi connectivity index (χ1n) is 3.53. The van der Waals surface area contributed by atoms with Crippen LogP contribution in [0.1, 0.15) is 20.3 Å². The summed E-state index contributed by atoms with van der Waals surface area (Å²) in [6.07, 6.45) is 0.158. The largest absolute Gasteiger partial charge is 0.748 e. The molecular formula is C6H12NO4S-. The standard InChI is InChI=1S/C6H13NO4S/c1-5(12(9,10)11)3-4-7-6(2)8/h5H,3-4H2,1-2H3,(H,7,8)(H,9,10,11)/p-1. The summed E-state index contributed by atoms with van der Waals surface area (Å²) in [5, 5.41) is 1.47. The third-order valence-corrected chi connectivity index (χ3v) is 2.64. The summed E-state index contributed by atoms with van der Waals surface area (Å²) in [5.74, 6) is -0.231. The Morgan fingerprint density at radius 3 is 2.42 bits per heavy atom. The molecule has 1 atom stereocenters. The fraction of sp³-hybridized carbons (Fsp3) is 0.833. The van der Waals surface area contributed by atoms with Crippen molar-refractivity contribution in [1.29, 1.82) is 0 Å². The minimum Gasteiger partial charge on any atom is -0.748 e. The maximum absolute atomic E-state index is 10.3. The summed E-state index contributed by atoms with van der Waals surface area (Å²) >= 11 is 0. The van der Waals surface area contributed by atoms with Crippen LogP contribution in [0.15, 0.2) is 0 Å². The Labute approximate surface area is 71.9 Å². The quantitative estimate of drug-likeness (QED) is 0.608. The van der Waals surface area contributed by atoms with Crippen molar-refractivity contribution in [1.82, 2.24) is 5.32 Å². The highest BCUT2D eigenvalue weighted by Gasteiger charge is 2.08. The number of hydrogen-bond acceptors (Lipinski definition) is 4. The summed E-state index contributed by atoms with van der Waals surface area (Å²) in [6, 6.07) is 0. The van der Waals surface area contributed by atoms with E-state index in [0.717, 1.165) is 0 Å². The van der Waals surface area contributed by atoms with Crippen LogP contribution >= 0.6 is 0 Å². The van der Waals surface area contributed by atoms with Crippen molar-refractivity contribution in [2.45, 2.75) is 25.5 Å². The van der Waals surface area contributed by atoms with Crippen molar-refractivity contribution in [3.05, 3.63) is 0 Å². The van der Waals surface area contributed by atoms with Crippen LogP contribution in [0.2, 0.25) is 0 Å². The molecule has 0 aromatic carbocycles. The summed E-state index contributed by atoms with van der Waals surface area (Å²) in [6.45, 7) is 2.87. The Morgan fingerprint density at radius 1 is 1.58 bits per heavy atom. The first-order valence-corrected chi connectivity index (χ1v) is 5.00. The van der Waals surface area contributed by atoms with Gasteiger partial charge in [-0.05, 0) is 13.3 Å². The molecule has 0 heterocycles. The molecule has 0 saturated carbocycles. The van der Waals surface area contributed by atoms with Crippen LogP contribution in [0.5, 0.6) is 0 Å². The van der Waals surface area contributed by atoms with E-state index in [1.54, 1.807) is 0 Å². The minimum absolute atomic E-state index is 0.158. The van der Waals surface area contributed by atoms with E-state index in [1.807, 2.05) is 0 Å². The SMILES string of the molecule is CC(=O)NCCC(C)S(=O)(=O)[O-]. The molecule has 5 nitrogen and oxygen atoms in total. The molecule has 6 heteroatoms. The number of hydrogen-bond donors (Lipinski definition) is 1. The fourth-order valence-electron chi connectivity index (χ4n) is 0.596. The Hall–Kier alpha value is -0.620. The van der Waals surface area contributed by atoms with Gasteiger partial charge in [0.2, 0.25) is 5.91 Å². The molecule has 12 heavy (non-hydrogen) atoms. The summed E-state index contributed by atoms with van der Waals surface area (Å²) in [4.78, 5) is 10.3. The molecule has 1 amide bonds. The Balaban J connectivity index is 3.73. The molecule has 72 valence electrons. The molecule has 0 saturated heterocycles. The molecule has 1 unspecified atom stereocenters. The maximum atomic E-state index is 10.3. The normalized spacial score (nSPS) is 13.9. The molecule has 0 bridgehead atoms. The van der Waals surface area contributed by atoms with Crippen LogP contribution in [0, 0.1) is 0 Å². The summed E-state index contributed by atoms with van der Waals surface area (Å²) < 4.78 is 31.0. The average Bonchev–Trinajstić information content (AvgIpc) is 1.84. The molecule has 0 aromatic heterocycles. The zero-order valence-corrected chi connectivity index (χ0v) is 7.85. The zero-order valence-electron chi connectivity index (χ0n) is 7.03. The lowest BCUT2D eigenvalue weighted by molar-refractivity contribution is -0.118. The van der Waals surface area contributed by atoms with Gasteiger partial charge in [0.05, 0.1) is 10.1 Å². The monoisotopic (exact) mass is 194 g/mol. The molecule has 0 aliphatic heterocycles. The van der Waals surface area contributed by atoms with Crippen LogP contribution in [0.3, 0.4) is 0 Å². The second-order valence-corrected chi connectivity index (χ2v) is 4.37. The van der Waals surface area contributed by atoms with Crippen molar-refractivity contribution >= 4 is 16.0 Å². The number of nitrogens with one attached hydrogen (secondary N) is 1. The lowest BCUT2D eigenvalue weighted by Crippen LogP contribution is -2.27. The van der Waals surface area contributed by atoms with E-state index in [-0.39, 0.29) is 18.9 Å². The Morgan fingerprint density at radius 2 is 2.08 bits per heavy atom. The molecule has 0 rings (SSSR count). The highest BCUT2D eigenvalue weighted by molar-refractivity contribution is 7.86. The van der Waals surface area contributed by atoms with E-state index in [0.29, 0.717) is 0 Å². The number of carbonyl (C=O) groups excluding carboxylic acids is 1. The van der Waals surface area contributed by atoms with Gasteiger partial charge in [-0.1, -0.05) is 0 Å². The fourth-order valence-corrected chi connectivity index (χ4v) is 1.00. The lowest BCUT2D eigenvalue weighted by atomic mass is 10.3. The van der Waals surface area contributed by atoms with Gasteiger partial charge in [0.15, 0.2) is 0 Å². The van der Waals surface area contributed by atoms with Gasteiger partial charge in [-0.15, -0.1) is 0 Å². The highest BCUT2D eigenvalue weighted by atomic mass is 32.2. The van der Waals surface area contributed by atoms with Crippen molar-refractivity contribution in [2.75, 3.05) is 6.54 Å². The van der Waals surface area contributed by atoms with Gasteiger partial charge in [-0.2, -0.15) is 0 Å². The molecule has 0 aromatic rings. The van der Waals surface area contributed by atoms with Gasteiger partial charge in [-0.3, -0.25) is 4.79 Å². The van der Waals surface area contributed by atoms with Crippen molar-refractivity contribution in [2.24, 2.45) is 0 Å². The molecule has 0 spiro atoms. The second kappa shape index (κ2) is 4.42. The predicted octanol–water partition coefficient (Wildman–Crippen LogP) is -0.554. The molecule has 0 aliphatic carbocycles. The third kappa shape index (κ3) is 5.09. The average molecular weight is 194 g/mol. The minimum atomic E-state index is -4.20. The zero-order chi connectivity index (χ0) is 9.78. The van der Waals surface area contributed by atoms with E-state index in [9.17, 15) is 17.8 Å². The number of amides is 1. The third-order valence-electron chi connectivity index (χ3n) is 1.42. The van der Waals surface area contributed by atoms with E-state index in [1.165, 1.54) is 13.8 Å². The summed E-state index contributed by atoms with van der Waals surface area (Å²) in [5.41, 5.74) is 0.